The van der Waals surface area contributed by atoms with Crippen LogP contribution in [-0.2, 0) is 19.2 Å². The maximum Gasteiger partial charge on any atom is 0.326 e. The average molecular weight is 435 g/mol. The van der Waals surface area contributed by atoms with Crippen molar-refractivity contribution in [3.05, 3.63) is 0 Å². The molecule has 11 heteroatoms. The predicted octanol–water partition coefficient (Wildman–Crippen LogP) is -0.503. The highest BCUT2D eigenvalue weighted by atomic mass is 32.2. The summed E-state index contributed by atoms with van der Waals surface area (Å²) in [7, 11) is 0. The first-order valence-corrected chi connectivity index (χ1v) is 11.9. The van der Waals surface area contributed by atoms with Gasteiger partial charge in [-0.05, 0) is 49.7 Å². The fourth-order valence-corrected chi connectivity index (χ4v) is 3.95. The number of carbonyl (C=O) groups excluding carboxylic acids is 3. The normalized spacial score (nSPS) is 18.4. The number of aliphatic carboxylic acids is 1. The Morgan fingerprint density at radius 3 is 2.25 bits per heavy atom. The Labute approximate surface area is 173 Å². The maximum atomic E-state index is 12.9. The van der Waals surface area contributed by atoms with E-state index in [9.17, 15) is 24.3 Å². The number of carboxylic acid groups (broad SMARTS) is 1. The fourth-order valence-electron chi connectivity index (χ4n) is 3.01. The molecule has 1 heterocycles. The van der Waals surface area contributed by atoms with Gasteiger partial charge in [-0.3, -0.25) is 14.4 Å². The number of rotatable bonds is 12. The molecule has 3 atom stereocenters. The van der Waals surface area contributed by atoms with Crippen molar-refractivity contribution in [2.75, 3.05) is 37.1 Å². The number of likely N-dealkylation sites (tertiary alicyclic amines) is 1. The van der Waals surface area contributed by atoms with Gasteiger partial charge >= 0.3 is 5.97 Å². The topological polar surface area (TPSA) is 142 Å². The predicted molar refractivity (Wildman–Crippen MR) is 111 cm³/mol. The highest BCUT2D eigenvalue weighted by molar-refractivity contribution is 7.98. The Hall–Kier alpha value is -1.46. The van der Waals surface area contributed by atoms with Crippen LogP contribution in [0, 0.1) is 0 Å². The molecule has 0 aromatic rings. The Balaban J connectivity index is 2.89. The van der Waals surface area contributed by atoms with Gasteiger partial charge in [0.25, 0.3) is 0 Å². The second kappa shape index (κ2) is 12.9. The summed E-state index contributed by atoms with van der Waals surface area (Å²) in [6.45, 7) is 0.132. The van der Waals surface area contributed by atoms with Crippen LogP contribution in [0.1, 0.15) is 25.7 Å². The number of carbonyl (C=O) groups is 4. The molecule has 0 bridgehead atoms. The zero-order chi connectivity index (χ0) is 21.1. The third kappa shape index (κ3) is 7.51. The molecule has 160 valence electrons. The van der Waals surface area contributed by atoms with Crippen molar-refractivity contribution in [2.45, 2.75) is 43.8 Å². The lowest BCUT2D eigenvalue weighted by Gasteiger charge is -2.28. The van der Waals surface area contributed by atoms with E-state index in [1.807, 2.05) is 12.5 Å². The second-order valence-electron chi connectivity index (χ2n) is 6.48. The molecule has 9 nitrogen and oxygen atoms in total. The van der Waals surface area contributed by atoms with Crippen LogP contribution in [0.15, 0.2) is 0 Å². The molecule has 1 saturated heterocycles. The van der Waals surface area contributed by atoms with Crippen LogP contribution in [0.2, 0.25) is 0 Å². The van der Waals surface area contributed by atoms with Gasteiger partial charge in [0.1, 0.15) is 18.1 Å². The van der Waals surface area contributed by atoms with Crippen molar-refractivity contribution in [1.29, 1.82) is 0 Å². The number of nitrogens with one attached hydrogen (secondary N) is 2. The van der Waals surface area contributed by atoms with Gasteiger partial charge in [0, 0.05) is 6.54 Å². The number of hydrogen-bond acceptors (Lipinski definition) is 7. The Morgan fingerprint density at radius 2 is 1.71 bits per heavy atom. The van der Waals surface area contributed by atoms with E-state index in [0.29, 0.717) is 43.7 Å². The number of nitrogens with zero attached hydrogens (tertiary/aromatic N) is 1. The molecule has 0 spiro atoms. The Kier molecular flexibility index (Phi) is 11.3. The highest BCUT2D eigenvalue weighted by Crippen LogP contribution is 2.19. The van der Waals surface area contributed by atoms with E-state index < -0.39 is 35.9 Å². The summed E-state index contributed by atoms with van der Waals surface area (Å²) in [5.41, 5.74) is 5.32. The highest BCUT2D eigenvalue weighted by Gasteiger charge is 2.38. The summed E-state index contributed by atoms with van der Waals surface area (Å²) >= 11 is 3.07. The molecule has 5 N–H and O–H groups in total. The molecule has 0 radical (unpaired) electrons. The SMILES string of the molecule is CSCCC(NC(=O)CN)C(=O)NC(CCSC)C(=O)N1CCCC1C(=O)O. The van der Waals surface area contributed by atoms with Gasteiger partial charge in [0.2, 0.25) is 17.7 Å². The molecular weight excluding hydrogens is 404 g/mol. The Morgan fingerprint density at radius 1 is 1.11 bits per heavy atom. The van der Waals surface area contributed by atoms with Crippen LogP contribution in [0.5, 0.6) is 0 Å². The summed E-state index contributed by atoms with van der Waals surface area (Å²) in [5.74, 6) is -1.04. The van der Waals surface area contributed by atoms with Gasteiger partial charge in [-0.25, -0.2) is 4.79 Å². The summed E-state index contributed by atoms with van der Waals surface area (Å²) < 4.78 is 0. The molecule has 0 aromatic heterocycles. The van der Waals surface area contributed by atoms with Crippen LogP contribution in [0.4, 0.5) is 0 Å². The minimum Gasteiger partial charge on any atom is -0.480 e. The van der Waals surface area contributed by atoms with E-state index in [4.69, 9.17) is 5.73 Å². The summed E-state index contributed by atoms with van der Waals surface area (Å²) in [4.78, 5) is 50.1. The summed E-state index contributed by atoms with van der Waals surface area (Å²) in [6.07, 6.45) is 5.60. The van der Waals surface area contributed by atoms with Crippen molar-refractivity contribution in [2.24, 2.45) is 5.73 Å². The molecule has 3 unspecified atom stereocenters. The van der Waals surface area contributed by atoms with E-state index >= 15 is 0 Å². The van der Waals surface area contributed by atoms with Crippen molar-refractivity contribution in [3.63, 3.8) is 0 Å². The van der Waals surface area contributed by atoms with E-state index in [2.05, 4.69) is 10.6 Å². The Bertz CT molecular complexity index is 564. The van der Waals surface area contributed by atoms with Gasteiger partial charge in [0.05, 0.1) is 6.54 Å². The molecule has 0 saturated carbocycles. The molecule has 1 aliphatic heterocycles. The molecule has 1 aliphatic rings. The first-order valence-electron chi connectivity index (χ1n) is 9.16. The quantitative estimate of drug-likeness (QED) is 0.322. The second-order valence-corrected chi connectivity index (χ2v) is 8.45. The van der Waals surface area contributed by atoms with Gasteiger partial charge in [-0.2, -0.15) is 23.5 Å². The van der Waals surface area contributed by atoms with Crippen LogP contribution >= 0.6 is 23.5 Å². The van der Waals surface area contributed by atoms with E-state index in [0.717, 1.165) is 0 Å². The minimum absolute atomic E-state index is 0.230. The van der Waals surface area contributed by atoms with E-state index in [1.165, 1.54) is 28.4 Å². The zero-order valence-corrected chi connectivity index (χ0v) is 17.9. The lowest BCUT2D eigenvalue weighted by atomic mass is 10.1. The van der Waals surface area contributed by atoms with E-state index in [1.54, 1.807) is 0 Å². The third-order valence-corrected chi connectivity index (χ3v) is 5.78. The van der Waals surface area contributed by atoms with Gasteiger partial charge < -0.3 is 26.4 Å². The van der Waals surface area contributed by atoms with Gasteiger partial charge in [-0.1, -0.05) is 0 Å². The number of thioether (sulfide) groups is 2. The standard InChI is InChI=1S/C17H30N4O5S2/c1-27-8-5-11(19-14(22)10-18)15(23)20-12(6-9-28-2)16(24)21-7-3-4-13(21)17(25)26/h11-13H,3-10,18H2,1-2H3,(H,19,22)(H,20,23)(H,25,26). The van der Waals surface area contributed by atoms with Crippen LogP contribution in [0.25, 0.3) is 0 Å². The summed E-state index contributed by atoms with van der Waals surface area (Å²) in [6, 6.07) is -2.47. The largest absolute Gasteiger partial charge is 0.480 e. The molecular formula is C17H30N4O5S2. The lowest BCUT2D eigenvalue weighted by molar-refractivity contribution is -0.149. The van der Waals surface area contributed by atoms with E-state index in [-0.39, 0.29) is 12.5 Å². The number of carboxylic acids is 1. The van der Waals surface area contributed by atoms with Crippen LogP contribution in [0.3, 0.4) is 0 Å². The summed E-state index contributed by atoms with van der Waals surface area (Å²) in [5, 5.41) is 14.6. The molecule has 3 amide bonds. The third-order valence-electron chi connectivity index (χ3n) is 4.49. The molecule has 1 rings (SSSR count). The maximum absolute atomic E-state index is 12.9. The van der Waals surface area contributed by atoms with Gasteiger partial charge in [0.15, 0.2) is 0 Å². The van der Waals surface area contributed by atoms with Crippen LogP contribution in [-0.4, -0.2) is 88.9 Å². The van der Waals surface area contributed by atoms with Gasteiger partial charge in [-0.15, -0.1) is 0 Å². The zero-order valence-electron chi connectivity index (χ0n) is 16.3. The number of amides is 3. The van der Waals surface area contributed by atoms with Crippen molar-refractivity contribution >= 4 is 47.2 Å². The molecule has 0 aliphatic carbocycles. The van der Waals surface area contributed by atoms with Crippen molar-refractivity contribution < 1.29 is 24.3 Å². The number of hydrogen-bond donors (Lipinski definition) is 4. The molecule has 28 heavy (non-hydrogen) atoms. The monoisotopic (exact) mass is 434 g/mol. The smallest absolute Gasteiger partial charge is 0.326 e. The first-order chi connectivity index (χ1) is 13.3. The minimum atomic E-state index is -1.03. The molecule has 1 fully saturated rings. The fraction of sp³-hybridized carbons (Fsp3) is 0.765. The van der Waals surface area contributed by atoms with Crippen molar-refractivity contribution in [3.8, 4) is 0 Å². The van der Waals surface area contributed by atoms with Crippen molar-refractivity contribution in [1.82, 2.24) is 15.5 Å². The number of nitrogens with two attached hydrogens (primary N) is 1. The molecule has 0 aromatic carbocycles. The van der Waals surface area contributed by atoms with Crippen LogP contribution < -0.4 is 16.4 Å². The first kappa shape index (κ1) is 24.6. The average Bonchev–Trinajstić information content (AvgIpc) is 3.17. The lowest BCUT2D eigenvalue weighted by Crippen LogP contribution is -2.56.